The molecule has 0 radical (unpaired) electrons. The zero-order valence-electron chi connectivity index (χ0n) is 16.0. The molecule has 1 aromatic rings. The molecule has 29 heavy (non-hydrogen) atoms. The number of halogens is 3. The predicted molar refractivity (Wildman–Crippen MR) is 99.6 cm³/mol. The van der Waals surface area contributed by atoms with Crippen molar-refractivity contribution in [2.24, 2.45) is 5.92 Å². The quantitative estimate of drug-likeness (QED) is 0.634. The lowest BCUT2D eigenvalue weighted by Crippen LogP contribution is -2.31. The maximum absolute atomic E-state index is 11.8. The molecule has 0 unspecified atom stereocenters. The molecule has 0 aromatic carbocycles. The molecule has 164 valence electrons. The molecule has 11 heteroatoms. The maximum atomic E-state index is 11.8. The second-order valence-electron chi connectivity index (χ2n) is 6.97. The molecule has 1 aromatic heterocycles. The standard InChI is InChI=1S/C16H24N2O3S.C2HF3O2/c1-20-4-3-17-16(19)7-14-6-13-9-18(10-15(13)21-14)8-12-2-5-22-11-12;3-2(4,5)1(6)7/h2,5,11,13-15H,3-4,6-10H2,1H3,(H,17,19);(H,6,7)/t13-,14-,15+;/m0./s1. The summed E-state index contributed by atoms with van der Waals surface area (Å²) in [6, 6.07) is 2.19. The van der Waals surface area contributed by atoms with E-state index < -0.39 is 12.1 Å². The summed E-state index contributed by atoms with van der Waals surface area (Å²) in [7, 11) is 1.63. The summed E-state index contributed by atoms with van der Waals surface area (Å²) in [6.07, 6.45) is -3.22. The number of nitrogens with one attached hydrogen (secondary N) is 1. The number of rotatable bonds is 7. The van der Waals surface area contributed by atoms with Gasteiger partial charge in [0.25, 0.3) is 0 Å². The zero-order valence-corrected chi connectivity index (χ0v) is 16.8. The number of carbonyl (C=O) groups excluding carboxylic acids is 1. The number of carboxylic acids is 1. The number of hydrogen-bond acceptors (Lipinski definition) is 6. The molecule has 0 saturated carbocycles. The third kappa shape index (κ3) is 7.92. The number of fused-ring (bicyclic) bond motifs is 1. The van der Waals surface area contributed by atoms with Crippen LogP contribution in [-0.2, 0) is 25.6 Å². The Bertz CT molecular complexity index is 642. The molecule has 0 spiro atoms. The second-order valence-corrected chi connectivity index (χ2v) is 7.75. The van der Waals surface area contributed by atoms with E-state index in [9.17, 15) is 18.0 Å². The Kier molecular flexibility index (Phi) is 8.87. The van der Waals surface area contributed by atoms with Gasteiger partial charge in [0, 0.05) is 39.2 Å². The number of carbonyl (C=O) groups is 2. The van der Waals surface area contributed by atoms with E-state index in [2.05, 4.69) is 27.0 Å². The van der Waals surface area contributed by atoms with E-state index in [1.807, 2.05) is 0 Å². The molecule has 2 N–H and O–H groups in total. The molecular weight excluding hydrogens is 413 g/mol. The average molecular weight is 438 g/mol. The summed E-state index contributed by atoms with van der Waals surface area (Å²) in [6.45, 7) is 4.22. The van der Waals surface area contributed by atoms with Gasteiger partial charge in [-0.15, -0.1) is 0 Å². The molecule has 0 bridgehead atoms. The molecule has 3 rings (SSSR count). The molecule has 3 atom stereocenters. The van der Waals surface area contributed by atoms with Crippen LogP contribution < -0.4 is 5.32 Å². The van der Waals surface area contributed by atoms with Gasteiger partial charge in [0.15, 0.2) is 0 Å². The van der Waals surface area contributed by atoms with Gasteiger partial charge in [-0.05, 0) is 28.8 Å². The Balaban J connectivity index is 0.000000370. The van der Waals surface area contributed by atoms with Crippen LogP contribution in [0.1, 0.15) is 18.4 Å². The van der Waals surface area contributed by atoms with Gasteiger partial charge < -0.3 is 19.9 Å². The number of amides is 1. The highest BCUT2D eigenvalue weighted by Gasteiger charge is 2.42. The van der Waals surface area contributed by atoms with Crippen LogP contribution in [0.25, 0.3) is 0 Å². The van der Waals surface area contributed by atoms with E-state index in [-0.39, 0.29) is 12.0 Å². The fourth-order valence-corrected chi connectivity index (χ4v) is 4.08. The minimum atomic E-state index is -5.08. The number of nitrogens with zero attached hydrogens (tertiary/aromatic N) is 1. The van der Waals surface area contributed by atoms with Crippen molar-refractivity contribution < 1.29 is 37.3 Å². The molecule has 2 aliphatic rings. The van der Waals surface area contributed by atoms with Crippen molar-refractivity contribution in [2.45, 2.75) is 37.8 Å². The highest BCUT2D eigenvalue weighted by molar-refractivity contribution is 7.07. The zero-order chi connectivity index (χ0) is 21.4. The Morgan fingerprint density at radius 2 is 2.14 bits per heavy atom. The maximum Gasteiger partial charge on any atom is 0.490 e. The number of aliphatic carboxylic acids is 1. The highest BCUT2D eigenvalue weighted by Crippen LogP contribution is 2.34. The molecule has 2 aliphatic heterocycles. The van der Waals surface area contributed by atoms with Gasteiger partial charge in [-0.25, -0.2) is 4.79 Å². The van der Waals surface area contributed by atoms with Crippen LogP contribution in [-0.4, -0.2) is 73.6 Å². The molecule has 0 aliphatic carbocycles. The minimum Gasteiger partial charge on any atom is -0.475 e. The number of ether oxygens (including phenoxy) is 2. The van der Waals surface area contributed by atoms with Crippen molar-refractivity contribution in [3.8, 4) is 0 Å². The van der Waals surface area contributed by atoms with Gasteiger partial charge in [0.2, 0.25) is 5.91 Å². The van der Waals surface area contributed by atoms with Crippen LogP contribution in [0.5, 0.6) is 0 Å². The second kappa shape index (κ2) is 10.9. The molecule has 1 amide bonds. The van der Waals surface area contributed by atoms with Crippen molar-refractivity contribution in [2.75, 3.05) is 33.4 Å². The lowest BCUT2D eigenvalue weighted by molar-refractivity contribution is -0.192. The van der Waals surface area contributed by atoms with Crippen LogP contribution in [0.4, 0.5) is 13.2 Å². The Morgan fingerprint density at radius 3 is 2.69 bits per heavy atom. The molecule has 2 saturated heterocycles. The number of methoxy groups -OCH3 is 1. The largest absolute Gasteiger partial charge is 0.490 e. The van der Waals surface area contributed by atoms with E-state index in [4.69, 9.17) is 19.4 Å². The van der Waals surface area contributed by atoms with E-state index in [0.717, 1.165) is 26.1 Å². The van der Waals surface area contributed by atoms with E-state index >= 15 is 0 Å². The summed E-state index contributed by atoms with van der Waals surface area (Å²) < 4.78 is 42.7. The first kappa shape index (κ1) is 23.6. The molecule has 3 heterocycles. The molecular formula is C18H25F3N2O5S. The van der Waals surface area contributed by atoms with Crippen LogP contribution in [0, 0.1) is 5.92 Å². The summed E-state index contributed by atoms with van der Waals surface area (Å²) in [4.78, 5) is 23.2. The Labute approximate surface area is 170 Å². The number of hydrogen-bond donors (Lipinski definition) is 2. The van der Waals surface area contributed by atoms with Crippen LogP contribution >= 0.6 is 11.3 Å². The van der Waals surface area contributed by atoms with Gasteiger partial charge in [-0.1, -0.05) is 0 Å². The lowest BCUT2D eigenvalue weighted by Gasteiger charge is -2.18. The monoisotopic (exact) mass is 438 g/mol. The summed E-state index contributed by atoms with van der Waals surface area (Å²) >= 11 is 1.75. The van der Waals surface area contributed by atoms with E-state index in [1.54, 1.807) is 18.4 Å². The number of alkyl halides is 3. The third-order valence-corrected chi connectivity index (χ3v) is 5.39. The Morgan fingerprint density at radius 1 is 1.41 bits per heavy atom. The highest BCUT2D eigenvalue weighted by atomic mass is 32.1. The number of likely N-dealkylation sites (tertiary alicyclic amines) is 1. The molecule has 2 fully saturated rings. The third-order valence-electron chi connectivity index (χ3n) is 4.66. The van der Waals surface area contributed by atoms with Gasteiger partial charge in [0.1, 0.15) is 0 Å². The average Bonchev–Trinajstić information content (AvgIpc) is 3.32. The topological polar surface area (TPSA) is 88.1 Å². The van der Waals surface area contributed by atoms with Gasteiger partial charge in [-0.2, -0.15) is 24.5 Å². The van der Waals surface area contributed by atoms with Gasteiger partial charge in [-0.3, -0.25) is 9.69 Å². The minimum absolute atomic E-state index is 0.0668. The van der Waals surface area contributed by atoms with Crippen LogP contribution in [0.2, 0.25) is 0 Å². The van der Waals surface area contributed by atoms with Gasteiger partial charge >= 0.3 is 12.1 Å². The first-order chi connectivity index (χ1) is 13.7. The van der Waals surface area contributed by atoms with E-state index in [1.165, 1.54) is 5.56 Å². The van der Waals surface area contributed by atoms with Crippen LogP contribution in [0.3, 0.4) is 0 Å². The van der Waals surface area contributed by atoms with Crippen molar-refractivity contribution in [1.82, 2.24) is 10.2 Å². The van der Waals surface area contributed by atoms with Crippen LogP contribution in [0.15, 0.2) is 16.8 Å². The van der Waals surface area contributed by atoms with E-state index in [0.29, 0.717) is 31.6 Å². The molecule has 7 nitrogen and oxygen atoms in total. The fourth-order valence-electron chi connectivity index (χ4n) is 3.42. The number of carboxylic acid groups (broad SMARTS) is 1. The fraction of sp³-hybridized carbons (Fsp3) is 0.667. The van der Waals surface area contributed by atoms with Crippen molar-refractivity contribution in [1.29, 1.82) is 0 Å². The predicted octanol–water partition coefficient (Wildman–Crippen LogP) is 2.12. The number of thiophene rings is 1. The Hall–Kier alpha value is -1.69. The smallest absolute Gasteiger partial charge is 0.475 e. The first-order valence-corrected chi connectivity index (χ1v) is 10.1. The van der Waals surface area contributed by atoms with Crippen molar-refractivity contribution in [3.63, 3.8) is 0 Å². The van der Waals surface area contributed by atoms with Crippen molar-refractivity contribution in [3.05, 3.63) is 22.4 Å². The normalized spacial score (nSPS) is 23.9. The lowest BCUT2D eigenvalue weighted by atomic mass is 10.0. The van der Waals surface area contributed by atoms with Crippen molar-refractivity contribution >= 4 is 23.2 Å². The first-order valence-electron chi connectivity index (χ1n) is 9.13. The SMILES string of the molecule is COCCNC(=O)C[C@@H]1C[C@H]2CN(Cc3ccsc3)C[C@H]2O1.O=C(O)C(F)(F)F. The summed E-state index contributed by atoms with van der Waals surface area (Å²) in [5.41, 5.74) is 1.39. The van der Waals surface area contributed by atoms with Gasteiger partial charge in [0.05, 0.1) is 25.2 Å². The summed E-state index contributed by atoms with van der Waals surface area (Å²) in [5, 5.41) is 14.3. The summed E-state index contributed by atoms with van der Waals surface area (Å²) in [5.74, 6) is -2.11.